The number of hydrogen-bond donors (Lipinski definition) is 0. The fourth-order valence-corrected chi connectivity index (χ4v) is 3.47. The lowest BCUT2D eigenvalue weighted by Gasteiger charge is -2.12. The molecule has 2 aromatic heterocycles. The van der Waals surface area contributed by atoms with E-state index in [1.165, 1.54) is 11.2 Å². The van der Waals surface area contributed by atoms with Crippen molar-refractivity contribution in [2.75, 3.05) is 20.4 Å². The fraction of sp³-hybridized carbons (Fsp3) is 0.211. The molecule has 27 heavy (non-hydrogen) atoms. The van der Waals surface area contributed by atoms with E-state index in [0.29, 0.717) is 17.0 Å². The Kier molecular flexibility index (Phi) is 4.84. The van der Waals surface area contributed by atoms with Crippen LogP contribution < -0.4 is 0 Å². The zero-order chi connectivity index (χ0) is 19.8. The van der Waals surface area contributed by atoms with Gasteiger partial charge >= 0.3 is 0 Å². The molecule has 0 aliphatic heterocycles. The largest absolute Gasteiger partial charge is 0.343 e. The minimum atomic E-state index is -3.29. The molecule has 1 aromatic carbocycles. The third-order valence-corrected chi connectivity index (χ3v) is 5.31. The van der Waals surface area contributed by atoms with Crippen LogP contribution in [-0.2, 0) is 16.9 Å². The lowest BCUT2D eigenvalue weighted by molar-refractivity contribution is 0.0817. The fourth-order valence-electron chi connectivity index (χ4n) is 2.84. The summed E-state index contributed by atoms with van der Waals surface area (Å²) in [4.78, 5) is 18.5. The molecule has 0 spiro atoms. The number of aromatic nitrogens is 3. The van der Waals surface area contributed by atoms with Crippen LogP contribution in [0, 0.1) is 0 Å². The van der Waals surface area contributed by atoms with E-state index in [9.17, 15) is 13.2 Å². The van der Waals surface area contributed by atoms with Crippen LogP contribution in [0.1, 0.15) is 10.5 Å². The van der Waals surface area contributed by atoms with Crippen molar-refractivity contribution in [3.05, 3.63) is 54.5 Å². The van der Waals surface area contributed by atoms with E-state index in [0.717, 1.165) is 11.1 Å². The van der Waals surface area contributed by atoms with E-state index in [-0.39, 0.29) is 10.8 Å². The second-order valence-corrected chi connectivity index (χ2v) is 8.44. The first-order valence-electron chi connectivity index (χ1n) is 8.19. The van der Waals surface area contributed by atoms with Gasteiger partial charge in [0.1, 0.15) is 11.4 Å². The van der Waals surface area contributed by atoms with Crippen LogP contribution in [0.15, 0.2) is 53.7 Å². The Bertz CT molecular complexity index is 1090. The van der Waals surface area contributed by atoms with Gasteiger partial charge in [-0.15, -0.1) is 0 Å². The molecular weight excluding hydrogens is 364 g/mol. The van der Waals surface area contributed by atoms with Crippen LogP contribution in [0.25, 0.3) is 22.4 Å². The Labute approximate surface area is 158 Å². The highest BCUT2D eigenvalue weighted by atomic mass is 32.2. The highest BCUT2D eigenvalue weighted by Gasteiger charge is 2.25. The van der Waals surface area contributed by atoms with E-state index in [4.69, 9.17) is 0 Å². The average molecular weight is 384 g/mol. The Hall–Kier alpha value is -3.00. The SMILES string of the molecule is CN(C)C(=O)c1c(-c2ccncc2)c(-c2ccc(S(C)(=O)=O)cc2)nn1C. The van der Waals surface area contributed by atoms with Gasteiger partial charge in [0.25, 0.3) is 5.91 Å². The summed E-state index contributed by atoms with van der Waals surface area (Å²) >= 11 is 0. The van der Waals surface area contributed by atoms with Gasteiger partial charge in [-0.3, -0.25) is 14.5 Å². The molecule has 0 atom stereocenters. The third kappa shape index (κ3) is 3.61. The molecule has 0 unspecified atom stereocenters. The molecule has 0 saturated carbocycles. The molecule has 2 heterocycles. The molecule has 0 aliphatic carbocycles. The Morgan fingerprint density at radius 2 is 1.59 bits per heavy atom. The van der Waals surface area contributed by atoms with Gasteiger partial charge in [0, 0.05) is 50.9 Å². The van der Waals surface area contributed by atoms with Crippen molar-refractivity contribution in [3.63, 3.8) is 0 Å². The van der Waals surface area contributed by atoms with Crippen LogP contribution in [0.5, 0.6) is 0 Å². The number of rotatable bonds is 4. The smallest absolute Gasteiger partial charge is 0.272 e. The van der Waals surface area contributed by atoms with E-state index >= 15 is 0 Å². The zero-order valence-electron chi connectivity index (χ0n) is 15.5. The number of aryl methyl sites for hydroxylation is 1. The first kappa shape index (κ1) is 18.8. The maximum atomic E-state index is 12.8. The van der Waals surface area contributed by atoms with Crippen LogP contribution in [-0.4, -0.2) is 54.3 Å². The van der Waals surface area contributed by atoms with E-state index in [1.54, 1.807) is 62.5 Å². The summed E-state index contributed by atoms with van der Waals surface area (Å²) in [6.07, 6.45) is 4.48. The number of carbonyl (C=O) groups is 1. The number of pyridine rings is 1. The summed E-state index contributed by atoms with van der Waals surface area (Å²) in [7, 11) is 1.81. The average Bonchev–Trinajstić information content (AvgIpc) is 2.98. The monoisotopic (exact) mass is 384 g/mol. The molecule has 1 amide bonds. The summed E-state index contributed by atoms with van der Waals surface area (Å²) in [6.45, 7) is 0. The summed E-state index contributed by atoms with van der Waals surface area (Å²) in [5, 5.41) is 4.55. The predicted octanol–water partition coefficient (Wildman–Crippen LogP) is 2.25. The number of nitrogens with zero attached hydrogens (tertiary/aromatic N) is 4. The summed E-state index contributed by atoms with van der Waals surface area (Å²) in [6, 6.07) is 10.1. The maximum absolute atomic E-state index is 12.8. The van der Waals surface area contributed by atoms with Crippen molar-refractivity contribution < 1.29 is 13.2 Å². The van der Waals surface area contributed by atoms with Crippen LogP contribution in [0.3, 0.4) is 0 Å². The zero-order valence-corrected chi connectivity index (χ0v) is 16.4. The number of benzene rings is 1. The van der Waals surface area contributed by atoms with Crippen LogP contribution >= 0.6 is 0 Å². The summed E-state index contributed by atoms with van der Waals surface area (Å²) < 4.78 is 25.0. The molecule has 3 aromatic rings. The number of sulfone groups is 1. The maximum Gasteiger partial charge on any atom is 0.272 e. The van der Waals surface area contributed by atoms with Crippen LogP contribution in [0.2, 0.25) is 0 Å². The van der Waals surface area contributed by atoms with Gasteiger partial charge in [0.2, 0.25) is 0 Å². The van der Waals surface area contributed by atoms with Crippen molar-refractivity contribution in [3.8, 4) is 22.4 Å². The summed E-state index contributed by atoms with van der Waals surface area (Å²) in [5.41, 5.74) is 3.28. The highest BCUT2D eigenvalue weighted by Crippen LogP contribution is 2.35. The van der Waals surface area contributed by atoms with Gasteiger partial charge in [-0.2, -0.15) is 5.10 Å². The van der Waals surface area contributed by atoms with Gasteiger partial charge in [-0.1, -0.05) is 12.1 Å². The second kappa shape index (κ2) is 6.96. The van der Waals surface area contributed by atoms with Gasteiger partial charge in [-0.05, 0) is 29.8 Å². The molecule has 0 N–H and O–H groups in total. The first-order chi connectivity index (χ1) is 12.7. The van der Waals surface area contributed by atoms with Crippen molar-refractivity contribution in [2.45, 2.75) is 4.90 Å². The lowest BCUT2D eigenvalue weighted by Crippen LogP contribution is -2.24. The third-order valence-electron chi connectivity index (χ3n) is 4.18. The van der Waals surface area contributed by atoms with E-state index < -0.39 is 9.84 Å². The van der Waals surface area contributed by atoms with Crippen molar-refractivity contribution >= 4 is 15.7 Å². The van der Waals surface area contributed by atoms with Crippen molar-refractivity contribution in [1.29, 1.82) is 0 Å². The number of hydrogen-bond acceptors (Lipinski definition) is 5. The molecular formula is C19H20N4O3S. The van der Waals surface area contributed by atoms with Crippen LogP contribution in [0.4, 0.5) is 0 Å². The van der Waals surface area contributed by atoms with Gasteiger partial charge in [0.15, 0.2) is 9.84 Å². The Balaban J connectivity index is 2.25. The molecule has 8 heteroatoms. The highest BCUT2D eigenvalue weighted by molar-refractivity contribution is 7.90. The molecule has 3 rings (SSSR count). The Morgan fingerprint density at radius 3 is 2.11 bits per heavy atom. The van der Waals surface area contributed by atoms with E-state index in [1.807, 2.05) is 12.1 Å². The molecule has 7 nitrogen and oxygen atoms in total. The van der Waals surface area contributed by atoms with Gasteiger partial charge < -0.3 is 4.90 Å². The predicted molar refractivity (Wildman–Crippen MR) is 103 cm³/mol. The number of carbonyl (C=O) groups excluding carboxylic acids is 1. The first-order valence-corrected chi connectivity index (χ1v) is 10.1. The molecule has 0 aliphatic rings. The lowest BCUT2D eigenvalue weighted by atomic mass is 9.99. The van der Waals surface area contributed by atoms with Gasteiger partial charge in [0.05, 0.1) is 4.90 Å². The minimum absolute atomic E-state index is 0.171. The molecule has 140 valence electrons. The standard InChI is InChI=1S/C19H20N4O3S/c1-22(2)19(24)18-16(13-9-11-20-12-10-13)17(21-23(18)3)14-5-7-15(8-6-14)27(4,25)26/h5-12H,1-4H3. The van der Waals surface area contributed by atoms with E-state index in [2.05, 4.69) is 10.1 Å². The molecule has 0 fully saturated rings. The normalized spacial score (nSPS) is 11.4. The second-order valence-electron chi connectivity index (χ2n) is 6.43. The topological polar surface area (TPSA) is 85.2 Å². The quantitative estimate of drug-likeness (QED) is 0.689. The molecule has 0 saturated heterocycles. The molecule has 0 bridgehead atoms. The van der Waals surface area contributed by atoms with Crippen molar-refractivity contribution in [1.82, 2.24) is 19.7 Å². The number of amides is 1. The Morgan fingerprint density at radius 1 is 1.00 bits per heavy atom. The van der Waals surface area contributed by atoms with Gasteiger partial charge in [-0.25, -0.2) is 8.42 Å². The molecule has 0 radical (unpaired) electrons. The summed E-state index contributed by atoms with van der Waals surface area (Å²) in [5.74, 6) is -0.171. The van der Waals surface area contributed by atoms with Crippen molar-refractivity contribution in [2.24, 2.45) is 7.05 Å². The minimum Gasteiger partial charge on any atom is -0.343 e.